The predicted molar refractivity (Wildman–Crippen MR) is 133 cm³/mol. The van der Waals surface area contributed by atoms with E-state index in [9.17, 15) is 9.59 Å². The number of ketones is 2. The predicted octanol–water partition coefficient (Wildman–Crippen LogP) is 6.02. The average molecular weight is 431 g/mol. The zero-order valence-electron chi connectivity index (χ0n) is 18.0. The first-order valence-electron chi connectivity index (χ1n) is 10.7. The average Bonchev–Trinajstić information content (AvgIpc) is 2.85. The van der Waals surface area contributed by atoms with E-state index in [0.29, 0.717) is 40.0 Å². The van der Waals surface area contributed by atoms with Crippen LogP contribution in [0.2, 0.25) is 0 Å². The number of carbonyl (C=O) groups excluding carboxylic acids is 2. The maximum absolute atomic E-state index is 13.6. The molecule has 0 aromatic heterocycles. The Labute approximate surface area is 192 Å². The molecule has 0 atom stereocenters. The van der Waals surface area contributed by atoms with Crippen molar-refractivity contribution in [2.45, 2.75) is 6.42 Å². The Morgan fingerprint density at radius 1 is 0.788 bits per heavy atom. The number of nitrogen functional groups attached to an aromatic ring is 1. The minimum Gasteiger partial charge on any atom is -0.397 e. The topological polar surface area (TPSA) is 72.2 Å². The number of carbonyl (C=O) groups is 2. The van der Waals surface area contributed by atoms with Crippen molar-refractivity contribution in [3.63, 3.8) is 0 Å². The summed E-state index contributed by atoms with van der Waals surface area (Å²) in [5, 5.41) is 3.28. The van der Waals surface area contributed by atoms with Crippen LogP contribution in [0.5, 0.6) is 0 Å². The number of benzene rings is 4. The maximum Gasteiger partial charge on any atom is 0.196 e. The van der Waals surface area contributed by atoms with E-state index in [4.69, 9.17) is 5.73 Å². The van der Waals surface area contributed by atoms with Crippen molar-refractivity contribution in [1.82, 2.24) is 0 Å². The molecule has 0 spiro atoms. The molecule has 0 radical (unpaired) electrons. The molecular formula is C29H22N2O2. The lowest BCUT2D eigenvalue weighted by molar-refractivity contribution is 0.0979. The number of nitrogens with one attached hydrogen (secondary N) is 1. The van der Waals surface area contributed by atoms with Crippen LogP contribution in [0.25, 0.3) is 6.08 Å². The van der Waals surface area contributed by atoms with Gasteiger partial charge in [-0.2, -0.15) is 0 Å². The summed E-state index contributed by atoms with van der Waals surface area (Å²) in [7, 11) is 0. The fourth-order valence-electron chi connectivity index (χ4n) is 4.33. The van der Waals surface area contributed by atoms with E-state index in [2.05, 4.69) is 11.9 Å². The Balaban J connectivity index is 1.70. The largest absolute Gasteiger partial charge is 0.397 e. The molecule has 4 heteroatoms. The van der Waals surface area contributed by atoms with Crippen molar-refractivity contribution < 1.29 is 9.59 Å². The monoisotopic (exact) mass is 430 g/mol. The number of fused-ring (bicyclic) bond motifs is 2. The summed E-state index contributed by atoms with van der Waals surface area (Å²) in [5.74, 6) is -0.358. The van der Waals surface area contributed by atoms with E-state index in [1.807, 2.05) is 60.7 Å². The van der Waals surface area contributed by atoms with Crippen molar-refractivity contribution in [2.24, 2.45) is 0 Å². The quantitative estimate of drug-likeness (QED) is 0.334. The summed E-state index contributed by atoms with van der Waals surface area (Å²) in [6, 6.07) is 26.2. The van der Waals surface area contributed by atoms with E-state index < -0.39 is 0 Å². The standard InChI is InChI=1S/C29H22N2O2/c1-2-18-12-14-19(15-13-18)16-20-17-24(30)27(31-21-8-4-3-5-9-21)26-25(20)28(32)22-10-6-7-11-23(22)29(26)33/h2-15,17,31H,1,16,30H2. The van der Waals surface area contributed by atoms with E-state index in [1.54, 1.807) is 30.3 Å². The van der Waals surface area contributed by atoms with Gasteiger partial charge in [-0.3, -0.25) is 9.59 Å². The van der Waals surface area contributed by atoms with Crippen LogP contribution >= 0.6 is 0 Å². The summed E-state index contributed by atoms with van der Waals surface area (Å²) in [5.41, 5.74) is 12.5. The van der Waals surface area contributed by atoms with Crippen LogP contribution in [-0.4, -0.2) is 11.6 Å². The van der Waals surface area contributed by atoms with Crippen LogP contribution in [0.1, 0.15) is 48.5 Å². The second-order valence-electron chi connectivity index (χ2n) is 8.07. The Morgan fingerprint density at radius 3 is 2.03 bits per heavy atom. The van der Waals surface area contributed by atoms with Gasteiger partial charge in [-0.1, -0.05) is 79.4 Å². The fourth-order valence-corrected chi connectivity index (χ4v) is 4.33. The van der Waals surface area contributed by atoms with Crippen molar-refractivity contribution >= 4 is 34.7 Å². The van der Waals surface area contributed by atoms with Crippen molar-refractivity contribution in [1.29, 1.82) is 0 Å². The lowest BCUT2D eigenvalue weighted by Gasteiger charge is -2.25. The van der Waals surface area contributed by atoms with Crippen LogP contribution in [0.4, 0.5) is 17.1 Å². The van der Waals surface area contributed by atoms with Crippen LogP contribution in [-0.2, 0) is 6.42 Å². The Morgan fingerprint density at radius 2 is 1.39 bits per heavy atom. The zero-order chi connectivity index (χ0) is 22.9. The highest BCUT2D eigenvalue weighted by Crippen LogP contribution is 2.39. The number of anilines is 3. The molecule has 0 unspecified atom stereocenters. The van der Waals surface area contributed by atoms with Gasteiger partial charge in [-0.05, 0) is 41.3 Å². The van der Waals surface area contributed by atoms with Gasteiger partial charge < -0.3 is 11.1 Å². The molecule has 0 bridgehead atoms. The first-order chi connectivity index (χ1) is 16.1. The summed E-state index contributed by atoms with van der Waals surface area (Å²) in [6.45, 7) is 3.79. The van der Waals surface area contributed by atoms with Gasteiger partial charge in [0.05, 0.1) is 16.9 Å². The van der Waals surface area contributed by atoms with Crippen molar-refractivity contribution in [3.8, 4) is 0 Å². The van der Waals surface area contributed by atoms with Crippen LogP contribution < -0.4 is 11.1 Å². The number of rotatable bonds is 5. The molecule has 0 saturated carbocycles. The lowest BCUT2D eigenvalue weighted by atomic mass is 9.79. The minimum atomic E-state index is -0.200. The van der Waals surface area contributed by atoms with E-state index in [-0.39, 0.29) is 11.6 Å². The number of hydrogen-bond donors (Lipinski definition) is 2. The van der Waals surface area contributed by atoms with Crippen LogP contribution in [0.3, 0.4) is 0 Å². The Hall–Kier alpha value is -4.44. The van der Waals surface area contributed by atoms with Gasteiger partial charge in [0, 0.05) is 22.4 Å². The van der Waals surface area contributed by atoms with Crippen LogP contribution in [0, 0.1) is 0 Å². The van der Waals surface area contributed by atoms with Gasteiger partial charge >= 0.3 is 0 Å². The normalized spacial score (nSPS) is 12.1. The fraction of sp³-hybridized carbons (Fsp3) is 0.0345. The van der Waals surface area contributed by atoms with Crippen LogP contribution in [0.15, 0.2) is 91.5 Å². The molecule has 3 N–H and O–H groups in total. The van der Waals surface area contributed by atoms with E-state index in [1.165, 1.54) is 0 Å². The summed E-state index contributed by atoms with van der Waals surface area (Å²) in [4.78, 5) is 27.3. The second-order valence-corrected chi connectivity index (χ2v) is 8.07. The van der Waals surface area contributed by atoms with Gasteiger partial charge in [-0.25, -0.2) is 0 Å². The number of para-hydroxylation sites is 1. The van der Waals surface area contributed by atoms with Gasteiger partial charge in [0.15, 0.2) is 11.6 Å². The highest BCUT2D eigenvalue weighted by Gasteiger charge is 2.34. The minimum absolute atomic E-state index is 0.158. The SMILES string of the molecule is C=Cc1ccc(Cc2cc(N)c(Nc3ccccc3)c3c2C(=O)c2ccccc2C3=O)cc1. The van der Waals surface area contributed by atoms with Gasteiger partial charge in [-0.15, -0.1) is 0 Å². The molecule has 160 valence electrons. The maximum atomic E-state index is 13.6. The number of hydrogen-bond acceptors (Lipinski definition) is 4. The smallest absolute Gasteiger partial charge is 0.196 e. The summed E-state index contributed by atoms with van der Waals surface area (Å²) in [6.07, 6.45) is 2.27. The Bertz CT molecular complexity index is 1400. The number of nitrogens with two attached hydrogens (primary N) is 1. The third kappa shape index (κ3) is 3.62. The molecule has 4 aromatic rings. The molecule has 0 aliphatic heterocycles. The third-order valence-corrected chi connectivity index (χ3v) is 5.96. The molecule has 0 saturated heterocycles. The molecule has 33 heavy (non-hydrogen) atoms. The molecular weight excluding hydrogens is 408 g/mol. The summed E-state index contributed by atoms with van der Waals surface area (Å²) < 4.78 is 0. The van der Waals surface area contributed by atoms with Gasteiger partial charge in [0.2, 0.25) is 0 Å². The molecule has 1 aliphatic carbocycles. The summed E-state index contributed by atoms with van der Waals surface area (Å²) >= 11 is 0. The van der Waals surface area contributed by atoms with Gasteiger partial charge in [0.1, 0.15) is 0 Å². The molecule has 0 amide bonds. The molecule has 4 aromatic carbocycles. The molecule has 1 aliphatic rings. The highest BCUT2D eigenvalue weighted by atomic mass is 16.1. The third-order valence-electron chi connectivity index (χ3n) is 5.96. The zero-order valence-corrected chi connectivity index (χ0v) is 18.0. The second kappa shape index (κ2) is 8.24. The first-order valence-corrected chi connectivity index (χ1v) is 10.7. The Kier molecular flexibility index (Phi) is 5.11. The van der Waals surface area contributed by atoms with E-state index >= 15 is 0 Å². The lowest BCUT2D eigenvalue weighted by Crippen LogP contribution is -2.24. The van der Waals surface area contributed by atoms with Crippen molar-refractivity contribution in [3.05, 3.63) is 130 Å². The van der Waals surface area contributed by atoms with Gasteiger partial charge in [0.25, 0.3) is 0 Å². The van der Waals surface area contributed by atoms with Crippen molar-refractivity contribution in [2.75, 3.05) is 11.1 Å². The molecule has 5 rings (SSSR count). The highest BCUT2D eigenvalue weighted by molar-refractivity contribution is 6.31. The molecule has 4 nitrogen and oxygen atoms in total. The first kappa shape index (κ1) is 20.5. The van der Waals surface area contributed by atoms with E-state index in [0.717, 1.165) is 22.4 Å². The molecule has 0 heterocycles. The molecule has 0 fully saturated rings.